The maximum atomic E-state index is 4.35. The van der Waals surface area contributed by atoms with E-state index in [2.05, 4.69) is 51.1 Å². The van der Waals surface area contributed by atoms with Crippen molar-refractivity contribution in [2.45, 2.75) is 32.4 Å². The zero-order chi connectivity index (χ0) is 13.8. The van der Waals surface area contributed by atoms with E-state index in [0.29, 0.717) is 0 Å². The lowest BCUT2D eigenvalue weighted by Crippen LogP contribution is -2.45. The van der Waals surface area contributed by atoms with Crippen molar-refractivity contribution in [1.29, 1.82) is 0 Å². The Hall–Kier alpha value is -0.130. The van der Waals surface area contributed by atoms with Gasteiger partial charge >= 0.3 is 0 Å². The molecule has 20 heavy (non-hydrogen) atoms. The van der Waals surface area contributed by atoms with Gasteiger partial charge in [-0.2, -0.15) is 23.5 Å². The van der Waals surface area contributed by atoms with Crippen molar-refractivity contribution in [3.05, 3.63) is 18.2 Å². The first kappa shape index (κ1) is 14.8. The van der Waals surface area contributed by atoms with E-state index in [4.69, 9.17) is 0 Å². The molecule has 2 fully saturated rings. The molecular formula is C15H25N3S2. The monoisotopic (exact) mass is 311 g/mol. The minimum atomic E-state index is 0.801. The van der Waals surface area contributed by atoms with Crippen molar-refractivity contribution in [1.82, 2.24) is 14.5 Å². The average Bonchev–Trinajstić information content (AvgIpc) is 2.72. The Morgan fingerprint density at radius 3 is 2.80 bits per heavy atom. The lowest BCUT2D eigenvalue weighted by atomic mass is 9.97. The molecule has 0 bridgehead atoms. The third kappa shape index (κ3) is 3.74. The molecule has 2 aliphatic heterocycles. The maximum Gasteiger partial charge on any atom is 0.105 e. The first-order chi connectivity index (χ1) is 9.83. The van der Waals surface area contributed by atoms with E-state index in [1.807, 2.05) is 6.20 Å². The highest BCUT2D eigenvalue weighted by Gasteiger charge is 2.27. The van der Waals surface area contributed by atoms with Crippen LogP contribution in [0.5, 0.6) is 0 Å². The Bertz CT molecular complexity index is 413. The topological polar surface area (TPSA) is 21.1 Å². The summed E-state index contributed by atoms with van der Waals surface area (Å²) in [6.45, 7) is 5.85. The SMILES string of the molecule is Cc1nccn1CC1CCCN(C2CSCCSC2)C1. The van der Waals surface area contributed by atoms with Crippen LogP contribution in [0.25, 0.3) is 0 Å². The van der Waals surface area contributed by atoms with Gasteiger partial charge in [0.2, 0.25) is 0 Å². The van der Waals surface area contributed by atoms with Crippen LogP contribution in [-0.4, -0.2) is 56.6 Å². The van der Waals surface area contributed by atoms with Gasteiger partial charge in [-0.05, 0) is 32.2 Å². The van der Waals surface area contributed by atoms with Gasteiger partial charge in [0.1, 0.15) is 5.82 Å². The van der Waals surface area contributed by atoms with Crippen LogP contribution in [0.2, 0.25) is 0 Å². The second-order valence-corrected chi connectivity index (χ2v) is 8.23. The molecule has 3 nitrogen and oxygen atoms in total. The molecule has 1 unspecified atom stereocenters. The number of likely N-dealkylation sites (tertiary alicyclic amines) is 1. The van der Waals surface area contributed by atoms with Gasteiger partial charge in [0.05, 0.1) is 0 Å². The van der Waals surface area contributed by atoms with Gasteiger partial charge < -0.3 is 4.57 Å². The van der Waals surface area contributed by atoms with Gasteiger partial charge in [-0.15, -0.1) is 0 Å². The molecule has 0 N–H and O–H groups in total. The van der Waals surface area contributed by atoms with Crippen LogP contribution in [0, 0.1) is 12.8 Å². The number of aromatic nitrogens is 2. The van der Waals surface area contributed by atoms with Crippen molar-refractivity contribution in [3.63, 3.8) is 0 Å². The molecule has 5 heteroatoms. The van der Waals surface area contributed by atoms with Crippen LogP contribution in [-0.2, 0) is 6.54 Å². The molecule has 112 valence electrons. The van der Waals surface area contributed by atoms with Gasteiger partial charge in [-0.3, -0.25) is 4.90 Å². The molecule has 0 saturated carbocycles. The molecule has 1 atom stereocenters. The van der Waals surface area contributed by atoms with Gasteiger partial charge in [0, 0.05) is 54.5 Å². The highest BCUT2D eigenvalue weighted by Crippen LogP contribution is 2.26. The summed E-state index contributed by atoms with van der Waals surface area (Å²) in [4.78, 5) is 7.12. The van der Waals surface area contributed by atoms with Gasteiger partial charge in [-0.1, -0.05) is 0 Å². The van der Waals surface area contributed by atoms with Crippen molar-refractivity contribution >= 4 is 23.5 Å². The molecule has 1 aromatic heterocycles. The van der Waals surface area contributed by atoms with Crippen LogP contribution >= 0.6 is 23.5 Å². The average molecular weight is 312 g/mol. The number of imidazole rings is 1. The largest absolute Gasteiger partial charge is 0.335 e. The number of thioether (sulfide) groups is 2. The summed E-state index contributed by atoms with van der Waals surface area (Å²) in [5, 5.41) is 0. The van der Waals surface area contributed by atoms with Crippen LogP contribution in [0.3, 0.4) is 0 Å². The third-order valence-corrected chi connectivity index (χ3v) is 6.92. The fourth-order valence-electron chi connectivity index (χ4n) is 3.27. The molecule has 1 aromatic rings. The molecule has 0 aromatic carbocycles. The summed E-state index contributed by atoms with van der Waals surface area (Å²) >= 11 is 4.30. The lowest BCUT2D eigenvalue weighted by molar-refractivity contribution is 0.134. The molecular weight excluding hydrogens is 286 g/mol. The first-order valence-electron chi connectivity index (χ1n) is 7.70. The summed E-state index contributed by atoms with van der Waals surface area (Å²) < 4.78 is 2.32. The van der Waals surface area contributed by atoms with Gasteiger partial charge in [0.25, 0.3) is 0 Å². The molecule has 0 spiro atoms. The van der Waals surface area contributed by atoms with E-state index < -0.39 is 0 Å². The minimum absolute atomic E-state index is 0.801. The van der Waals surface area contributed by atoms with Crippen molar-refractivity contribution in [2.24, 2.45) is 5.92 Å². The van der Waals surface area contributed by atoms with Crippen LogP contribution in [0.1, 0.15) is 18.7 Å². The predicted molar refractivity (Wildman–Crippen MR) is 89.7 cm³/mol. The van der Waals surface area contributed by atoms with E-state index >= 15 is 0 Å². The van der Waals surface area contributed by atoms with E-state index in [-0.39, 0.29) is 0 Å². The van der Waals surface area contributed by atoms with Crippen molar-refractivity contribution in [3.8, 4) is 0 Å². The number of piperidine rings is 1. The maximum absolute atomic E-state index is 4.35. The smallest absolute Gasteiger partial charge is 0.105 e. The van der Waals surface area contributed by atoms with E-state index in [0.717, 1.165) is 24.3 Å². The second kappa shape index (κ2) is 7.23. The molecule has 2 aliphatic rings. The highest BCUT2D eigenvalue weighted by molar-refractivity contribution is 8.03. The molecule has 3 heterocycles. The Kier molecular flexibility index (Phi) is 5.35. The van der Waals surface area contributed by atoms with E-state index in [9.17, 15) is 0 Å². The zero-order valence-corrected chi connectivity index (χ0v) is 14.0. The van der Waals surface area contributed by atoms with Gasteiger partial charge in [-0.25, -0.2) is 4.98 Å². The Labute approximate surface area is 130 Å². The number of hydrogen-bond acceptors (Lipinski definition) is 4. The van der Waals surface area contributed by atoms with Gasteiger partial charge in [0.15, 0.2) is 0 Å². The number of nitrogens with zero attached hydrogens (tertiary/aromatic N) is 3. The highest BCUT2D eigenvalue weighted by atomic mass is 32.2. The molecule has 0 amide bonds. The van der Waals surface area contributed by atoms with E-state index in [1.54, 1.807) is 0 Å². The summed E-state index contributed by atoms with van der Waals surface area (Å²) in [7, 11) is 0. The lowest BCUT2D eigenvalue weighted by Gasteiger charge is -2.38. The number of hydrogen-bond donors (Lipinski definition) is 0. The molecule has 0 radical (unpaired) electrons. The number of rotatable bonds is 3. The summed E-state index contributed by atoms with van der Waals surface area (Å²) in [5.74, 6) is 7.31. The third-order valence-electron chi connectivity index (χ3n) is 4.44. The Morgan fingerprint density at radius 1 is 1.30 bits per heavy atom. The van der Waals surface area contributed by atoms with Crippen molar-refractivity contribution < 1.29 is 0 Å². The second-order valence-electron chi connectivity index (χ2n) is 5.93. The van der Waals surface area contributed by atoms with Crippen molar-refractivity contribution in [2.75, 3.05) is 36.1 Å². The minimum Gasteiger partial charge on any atom is -0.335 e. The zero-order valence-electron chi connectivity index (χ0n) is 12.3. The van der Waals surface area contributed by atoms with Crippen LogP contribution in [0.15, 0.2) is 12.4 Å². The Morgan fingerprint density at radius 2 is 2.10 bits per heavy atom. The van der Waals surface area contributed by atoms with Crippen LogP contribution < -0.4 is 0 Å². The van der Waals surface area contributed by atoms with E-state index in [1.165, 1.54) is 48.9 Å². The first-order valence-corrected chi connectivity index (χ1v) is 10.0. The summed E-state index contributed by atoms with van der Waals surface area (Å²) in [6.07, 6.45) is 6.80. The summed E-state index contributed by atoms with van der Waals surface area (Å²) in [6, 6.07) is 0.805. The quantitative estimate of drug-likeness (QED) is 0.855. The molecule has 3 rings (SSSR count). The molecule has 2 saturated heterocycles. The predicted octanol–water partition coefficient (Wildman–Crippen LogP) is 2.75. The number of aryl methyl sites for hydroxylation is 1. The molecule has 0 aliphatic carbocycles. The van der Waals surface area contributed by atoms with Crippen LogP contribution in [0.4, 0.5) is 0 Å². The standard InChI is InChI=1S/C15H25N3S2/c1-13-16-4-6-17(13)9-14-3-2-5-18(10-14)15-11-19-7-8-20-12-15/h4,6,14-15H,2-3,5,7-12H2,1H3. The normalized spacial score (nSPS) is 26.6. The Balaban J connectivity index is 1.57. The summed E-state index contributed by atoms with van der Waals surface area (Å²) in [5.41, 5.74) is 0. The fourth-order valence-corrected chi connectivity index (χ4v) is 5.90. The fraction of sp³-hybridized carbons (Fsp3) is 0.800.